The monoisotopic (exact) mass is 403 g/mol. The van der Waals surface area contributed by atoms with E-state index in [4.69, 9.17) is 13.9 Å². The van der Waals surface area contributed by atoms with E-state index in [1.54, 1.807) is 14.0 Å². The van der Waals surface area contributed by atoms with Gasteiger partial charge in [0, 0.05) is 12.1 Å². The van der Waals surface area contributed by atoms with Crippen molar-refractivity contribution >= 4 is 5.96 Å². The van der Waals surface area contributed by atoms with Crippen LogP contribution in [0.1, 0.15) is 43.4 Å². The molecule has 1 unspecified atom stereocenters. The summed E-state index contributed by atoms with van der Waals surface area (Å²) in [6.45, 7) is 11.5. The van der Waals surface area contributed by atoms with Crippen LogP contribution in [0.4, 0.5) is 0 Å². The summed E-state index contributed by atoms with van der Waals surface area (Å²) in [5, 5.41) is 17.3. The molecule has 7 nitrogen and oxygen atoms in total. The minimum absolute atomic E-state index is 0.297. The van der Waals surface area contributed by atoms with Crippen LogP contribution in [0.15, 0.2) is 33.7 Å². The molecule has 0 saturated heterocycles. The minimum Gasteiger partial charge on any atom is -0.493 e. The number of hydrogen-bond donors (Lipinski definition) is 3. The van der Waals surface area contributed by atoms with E-state index in [9.17, 15) is 5.11 Å². The molecule has 1 atom stereocenters. The van der Waals surface area contributed by atoms with Crippen LogP contribution in [0.2, 0.25) is 0 Å². The molecule has 0 aliphatic carbocycles. The van der Waals surface area contributed by atoms with Crippen LogP contribution in [-0.4, -0.2) is 37.9 Å². The summed E-state index contributed by atoms with van der Waals surface area (Å²) in [4.78, 5) is 4.62. The lowest BCUT2D eigenvalue weighted by atomic mass is 9.96. The number of methoxy groups -OCH3 is 1. The highest BCUT2D eigenvalue weighted by atomic mass is 16.5. The highest BCUT2D eigenvalue weighted by molar-refractivity contribution is 5.79. The van der Waals surface area contributed by atoms with Gasteiger partial charge in [0.1, 0.15) is 17.1 Å². The minimum atomic E-state index is -1.08. The van der Waals surface area contributed by atoms with Crippen LogP contribution < -0.4 is 20.1 Å². The van der Waals surface area contributed by atoms with E-state index in [0.717, 1.165) is 28.4 Å². The lowest BCUT2D eigenvalue weighted by Gasteiger charge is -2.24. The lowest BCUT2D eigenvalue weighted by Crippen LogP contribution is -2.44. The van der Waals surface area contributed by atoms with Gasteiger partial charge in [0.25, 0.3) is 0 Å². The fourth-order valence-corrected chi connectivity index (χ4v) is 3.11. The summed E-state index contributed by atoms with van der Waals surface area (Å²) in [7, 11) is 1.62. The first-order chi connectivity index (χ1) is 13.8. The third-order valence-corrected chi connectivity index (χ3v) is 4.51. The Balaban J connectivity index is 2.09. The maximum absolute atomic E-state index is 10.9. The highest BCUT2D eigenvalue weighted by Gasteiger charge is 2.27. The summed E-state index contributed by atoms with van der Waals surface area (Å²) >= 11 is 0. The fraction of sp³-hybridized carbons (Fsp3) is 0.500. The molecule has 1 aromatic heterocycles. The number of aliphatic hydroxyl groups is 1. The molecule has 0 aliphatic rings. The predicted molar refractivity (Wildman–Crippen MR) is 115 cm³/mol. The van der Waals surface area contributed by atoms with Crippen molar-refractivity contribution in [3.63, 3.8) is 0 Å². The third-order valence-electron chi connectivity index (χ3n) is 4.51. The van der Waals surface area contributed by atoms with Gasteiger partial charge >= 0.3 is 0 Å². The van der Waals surface area contributed by atoms with Gasteiger partial charge in [0.2, 0.25) is 0 Å². The second-order valence-electron chi connectivity index (χ2n) is 7.07. The van der Waals surface area contributed by atoms with Gasteiger partial charge in [0.15, 0.2) is 17.5 Å². The van der Waals surface area contributed by atoms with Gasteiger partial charge < -0.3 is 29.6 Å². The van der Waals surface area contributed by atoms with E-state index in [1.165, 1.54) is 0 Å². The Morgan fingerprint density at radius 2 is 1.93 bits per heavy atom. The van der Waals surface area contributed by atoms with Crippen LogP contribution in [0.3, 0.4) is 0 Å². The first kappa shape index (κ1) is 22.6. The summed E-state index contributed by atoms with van der Waals surface area (Å²) in [6.07, 6.45) is 0. The molecular formula is C22H33N3O4. The zero-order valence-electron chi connectivity index (χ0n) is 18.3. The molecule has 0 aliphatic heterocycles. The quantitative estimate of drug-likeness (QED) is 0.440. The topological polar surface area (TPSA) is 88.3 Å². The molecule has 0 amide bonds. The van der Waals surface area contributed by atoms with Crippen LogP contribution >= 0.6 is 0 Å². The molecule has 2 rings (SSSR count). The van der Waals surface area contributed by atoms with Crippen molar-refractivity contribution in [2.24, 2.45) is 4.99 Å². The van der Waals surface area contributed by atoms with Crippen LogP contribution in [-0.2, 0) is 12.1 Å². The maximum Gasteiger partial charge on any atom is 0.191 e. The van der Waals surface area contributed by atoms with Crippen molar-refractivity contribution in [2.45, 2.75) is 46.8 Å². The highest BCUT2D eigenvalue weighted by Crippen LogP contribution is 2.28. The van der Waals surface area contributed by atoms with Crippen molar-refractivity contribution in [1.82, 2.24) is 10.6 Å². The molecule has 29 heavy (non-hydrogen) atoms. The SMILES string of the molecule is CCNC(=NCc1ccc(OCC)c(OC)c1)NCC(C)(O)c1cc(C)oc1C. The number of aliphatic imine (C=N–C) groups is 1. The smallest absolute Gasteiger partial charge is 0.191 e. The van der Waals surface area contributed by atoms with E-state index in [1.807, 2.05) is 52.0 Å². The van der Waals surface area contributed by atoms with Gasteiger partial charge in [-0.1, -0.05) is 6.07 Å². The number of aryl methyl sites for hydroxylation is 2. The van der Waals surface area contributed by atoms with Crippen molar-refractivity contribution in [2.75, 3.05) is 26.8 Å². The Morgan fingerprint density at radius 3 is 2.52 bits per heavy atom. The first-order valence-electron chi connectivity index (χ1n) is 9.92. The Morgan fingerprint density at radius 1 is 1.17 bits per heavy atom. The van der Waals surface area contributed by atoms with Crippen molar-refractivity contribution in [1.29, 1.82) is 0 Å². The second kappa shape index (κ2) is 10.2. The lowest BCUT2D eigenvalue weighted by molar-refractivity contribution is 0.0601. The molecule has 0 radical (unpaired) electrons. The number of furan rings is 1. The van der Waals surface area contributed by atoms with Crippen molar-refractivity contribution in [3.05, 3.63) is 46.9 Å². The van der Waals surface area contributed by atoms with Crippen LogP contribution in [0.5, 0.6) is 11.5 Å². The molecule has 3 N–H and O–H groups in total. The van der Waals surface area contributed by atoms with Crippen LogP contribution in [0.25, 0.3) is 0 Å². The van der Waals surface area contributed by atoms with Crippen LogP contribution in [0, 0.1) is 13.8 Å². The van der Waals surface area contributed by atoms with E-state index >= 15 is 0 Å². The molecule has 160 valence electrons. The summed E-state index contributed by atoms with van der Waals surface area (Å²) in [5.41, 5.74) is 0.686. The number of nitrogens with one attached hydrogen (secondary N) is 2. The Bertz CT molecular complexity index is 827. The number of hydrogen-bond acceptors (Lipinski definition) is 5. The standard InChI is InChI=1S/C22H33N3O4/c1-7-23-21(25-14-22(5,26)18-11-15(3)29-16(18)4)24-13-17-9-10-19(28-8-2)20(12-17)27-6/h9-12,26H,7-8,13-14H2,1-6H3,(H2,23,24,25). The summed E-state index contributed by atoms with van der Waals surface area (Å²) in [5.74, 6) is 3.53. The summed E-state index contributed by atoms with van der Waals surface area (Å²) < 4.78 is 16.5. The van der Waals surface area contributed by atoms with Gasteiger partial charge in [-0.05, 0) is 58.4 Å². The molecule has 0 bridgehead atoms. The van der Waals surface area contributed by atoms with Crippen molar-refractivity contribution < 1.29 is 19.0 Å². The zero-order valence-corrected chi connectivity index (χ0v) is 18.3. The van der Waals surface area contributed by atoms with E-state index in [-0.39, 0.29) is 0 Å². The number of guanidine groups is 1. The Hall–Kier alpha value is -2.67. The fourth-order valence-electron chi connectivity index (χ4n) is 3.11. The molecule has 0 saturated carbocycles. The van der Waals surface area contributed by atoms with E-state index in [0.29, 0.717) is 38.0 Å². The zero-order chi connectivity index (χ0) is 21.4. The third kappa shape index (κ3) is 6.15. The molecule has 1 aromatic carbocycles. The number of benzene rings is 1. The number of rotatable bonds is 9. The second-order valence-corrected chi connectivity index (χ2v) is 7.07. The predicted octanol–water partition coefficient (Wildman–Crippen LogP) is 3.27. The Kier molecular flexibility index (Phi) is 7.96. The normalized spacial score (nSPS) is 13.7. The average molecular weight is 404 g/mol. The van der Waals surface area contributed by atoms with Gasteiger partial charge in [-0.15, -0.1) is 0 Å². The molecule has 1 heterocycles. The van der Waals surface area contributed by atoms with Gasteiger partial charge in [-0.3, -0.25) is 0 Å². The molecule has 2 aromatic rings. The van der Waals surface area contributed by atoms with Crippen molar-refractivity contribution in [3.8, 4) is 11.5 Å². The Labute approximate surface area is 173 Å². The number of ether oxygens (including phenoxy) is 2. The molecule has 0 spiro atoms. The first-order valence-corrected chi connectivity index (χ1v) is 9.92. The van der Waals surface area contributed by atoms with Gasteiger partial charge in [-0.25, -0.2) is 4.99 Å². The molecule has 0 fully saturated rings. The van der Waals surface area contributed by atoms with Gasteiger partial charge in [0.05, 0.1) is 26.8 Å². The van der Waals surface area contributed by atoms with Gasteiger partial charge in [-0.2, -0.15) is 0 Å². The number of nitrogens with zero attached hydrogens (tertiary/aromatic N) is 1. The molecular weight excluding hydrogens is 370 g/mol. The van der Waals surface area contributed by atoms with E-state index in [2.05, 4.69) is 15.6 Å². The molecule has 7 heteroatoms. The average Bonchev–Trinajstić information content (AvgIpc) is 3.04. The van der Waals surface area contributed by atoms with E-state index < -0.39 is 5.60 Å². The maximum atomic E-state index is 10.9. The largest absolute Gasteiger partial charge is 0.493 e. The summed E-state index contributed by atoms with van der Waals surface area (Å²) in [6, 6.07) is 7.65.